The number of piperazine rings is 1. The molecule has 0 spiro atoms. The van der Waals surface area contributed by atoms with Crippen LogP contribution in [0, 0.1) is 0 Å². The van der Waals surface area contributed by atoms with Crippen LogP contribution in [-0.2, 0) is 0 Å². The topological polar surface area (TPSA) is 15.7 Å². The maximum absolute atomic E-state index is 5.24. The molecule has 120 valence electrons. The largest absolute Gasteiger partial charge is 0.497 e. The fourth-order valence-electron chi connectivity index (χ4n) is 3.75. The lowest BCUT2D eigenvalue weighted by Crippen LogP contribution is -2.47. The van der Waals surface area contributed by atoms with Gasteiger partial charge in [0.05, 0.1) is 7.11 Å². The molecule has 0 amide bonds. The fourth-order valence-corrected chi connectivity index (χ4v) is 3.75. The highest BCUT2D eigenvalue weighted by atomic mass is 16.5. The fraction of sp³-hybridized carbons (Fsp3) is 0.400. The number of anilines is 1. The second-order valence-electron chi connectivity index (χ2n) is 6.54. The Morgan fingerprint density at radius 1 is 0.870 bits per heavy atom. The number of hydrogen-bond donors (Lipinski definition) is 0. The molecule has 0 radical (unpaired) electrons. The van der Waals surface area contributed by atoms with Gasteiger partial charge in [0.15, 0.2) is 0 Å². The molecule has 0 N–H and O–H groups in total. The van der Waals surface area contributed by atoms with Crippen LogP contribution in [0.25, 0.3) is 0 Å². The van der Waals surface area contributed by atoms with Crippen molar-refractivity contribution in [3.8, 4) is 5.75 Å². The molecule has 2 atom stereocenters. The molecule has 3 heteroatoms. The summed E-state index contributed by atoms with van der Waals surface area (Å²) in [4.78, 5) is 5.16. The number of benzene rings is 2. The Kier molecular flexibility index (Phi) is 3.96. The zero-order valence-corrected chi connectivity index (χ0v) is 13.7. The van der Waals surface area contributed by atoms with Crippen LogP contribution in [0.5, 0.6) is 5.75 Å². The number of hydrogen-bond acceptors (Lipinski definition) is 3. The molecule has 0 aromatic heterocycles. The van der Waals surface area contributed by atoms with Crippen molar-refractivity contribution in [1.29, 1.82) is 0 Å². The summed E-state index contributed by atoms with van der Waals surface area (Å²) in [6.07, 6.45) is 1.33. The summed E-state index contributed by atoms with van der Waals surface area (Å²) in [7, 11) is 1.71. The van der Waals surface area contributed by atoms with Crippen LogP contribution in [0.2, 0.25) is 0 Å². The zero-order chi connectivity index (χ0) is 15.6. The monoisotopic (exact) mass is 308 g/mol. The van der Waals surface area contributed by atoms with Crippen LogP contribution < -0.4 is 9.64 Å². The maximum atomic E-state index is 5.24. The summed E-state index contributed by atoms with van der Waals surface area (Å²) in [5.74, 6) is 1.68. The lowest BCUT2D eigenvalue weighted by molar-refractivity contribution is 0.244. The third kappa shape index (κ3) is 3.06. The molecule has 1 saturated heterocycles. The van der Waals surface area contributed by atoms with Crippen molar-refractivity contribution in [2.75, 3.05) is 38.2 Å². The lowest BCUT2D eigenvalue weighted by atomic mass is 10.1. The summed E-state index contributed by atoms with van der Waals surface area (Å²) in [6.45, 7) is 4.56. The van der Waals surface area contributed by atoms with E-state index in [9.17, 15) is 0 Å². The van der Waals surface area contributed by atoms with E-state index in [1.54, 1.807) is 7.11 Å². The van der Waals surface area contributed by atoms with Gasteiger partial charge in [-0.05, 0) is 36.2 Å². The molecule has 1 heterocycles. The van der Waals surface area contributed by atoms with Gasteiger partial charge in [-0.25, -0.2) is 0 Å². The van der Waals surface area contributed by atoms with Crippen LogP contribution in [0.15, 0.2) is 54.6 Å². The van der Waals surface area contributed by atoms with Gasteiger partial charge in [-0.1, -0.05) is 30.3 Å². The highest BCUT2D eigenvalue weighted by molar-refractivity contribution is 5.49. The Bertz CT molecular complexity index is 632. The molecule has 23 heavy (non-hydrogen) atoms. The summed E-state index contributed by atoms with van der Waals surface area (Å²) < 4.78 is 5.24. The first-order chi connectivity index (χ1) is 11.3. The molecule has 3 nitrogen and oxygen atoms in total. The minimum absolute atomic E-state index is 0.753. The van der Waals surface area contributed by atoms with E-state index in [0.717, 1.165) is 30.8 Å². The van der Waals surface area contributed by atoms with Crippen LogP contribution >= 0.6 is 0 Å². The van der Waals surface area contributed by atoms with E-state index in [-0.39, 0.29) is 0 Å². The third-order valence-electron chi connectivity index (χ3n) is 5.21. The summed E-state index contributed by atoms with van der Waals surface area (Å²) in [6, 6.07) is 20.2. The van der Waals surface area contributed by atoms with Crippen molar-refractivity contribution in [3.05, 3.63) is 60.2 Å². The standard InChI is InChI=1S/C20H24N2O/c1-23-18-9-7-17(8-10-18)21-11-13-22(14-12-21)20-15-19(20)16-5-3-2-4-6-16/h2-10,19-20H,11-15H2,1H3/t19-,20+/m1/s1. The van der Waals surface area contributed by atoms with Crippen molar-refractivity contribution in [2.24, 2.45) is 0 Å². The molecule has 4 rings (SSSR count). The highest BCUT2D eigenvalue weighted by Crippen LogP contribution is 2.44. The number of rotatable bonds is 4. The first-order valence-electron chi connectivity index (χ1n) is 8.53. The summed E-state index contributed by atoms with van der Waals surface area (Å²) in [5.41, 5.74) is 2.82. The zero-order valence-electron chi connectivity index (χ0n) is 13.7. The van der Waals surface area contributed by atoms with Crippen LogP contribution in [0.4, 0.5) is 5.69 Å². The number of nitrogens with zero attached hydrogens (tertiary/aromatic N) is 2. The minimum Gasteiger partial charge on any atom is -0.497 e. The highest BCUT2D eigenvalue weighted by Gasteiger charge is 2.43. The van der Waals surface area contributed by atoms with Gasteiger partial charge in [0, 0.05) is 43.8 Å². The van der Waals surface area contributed by atoms with Crippen molar-refractivity contribution in [3.63, 3.8) is 0 Å². The molecule has 1 aliphatic heterocycles. The van der Waals surface area contributed by atoms with Crippen molar-refractivity contribution in [2.45, 2.75) is 18.4 Å². The Balaban J connectivity index is 1.33. The van der Waals surface area contributed by atoms with Gasteiger partial charge >= 0.3 is 0 Å². The van der Waals surface area contributed by atoms with E-state index in [2.05, 4.69) is 52.3 Å². The lowest BCUT2D eigenvalue weighted by Gasteiger charge is -2.36. The molecular formula is C20H24N2O. The van der Waals surface area contributed by atoms with E-state index in [0.29, 0.717) is 0 Å². The second-order valence-corrected chi connectivity index (χ2v) is 6.54. The SMILES string of the molecule is COc1ccc(N2CCN([C@H]3C[C@@H]3c3ccccc3)CC2)cc1. The average Bonchev–Trinajstić information content (AvgIpc) is 3.44. The Labute approximate surface area is 138 Å². The van der Waals surface area contributed by atoms with Crippen molar-refractivity contribution < 1.29 is 4.74 Å². The van der Waals surface area contributed by atoms with Gasteiger partial charge in [0.2, 0.25) is 0 Å². The molecular weight excluding hydrogens is 284 g/mol. The van der Waals surface area contributed by atoms with Gasteiger partial charge in [0.1, 0.15) is 5.75 Å². The molecule has 1 saturated carbocycles. The Morgan fingerprint density at radius 2 is 1.57 bits per heavy atom. The first-order valence-corrected chi connectivity index (χ1v) is 8.53. The molecule has 2 aliphatic rings. The predicted octanol–water partition coefficient (Wildman–Crippen LogP) is 3.37. The van der Waals surface area contributed by atoms with Gasteiger partial charge in [-0.2, -0.15) is 0 Å². The molecule has 2 fully saturated rings. The van der Waals surface area contributed by atoms with E-state index in [4.69, 9.17) is 4.74 Å². The quantitative estimate of drug-likeness (QED) is 0.861. The van der Waals surface area contributed by atoms with Gasteiger partial charge in [0.25, 0.3) is 0 Å². The molecule has 2 aromatic carbocycles. The maximum Gasteiger partial charge on any atom is 0.119 e. The van der Waals surface area contributed by atoms with Crippen LogP contribution in [-0.4, -0.2) is 44.2 Å². The van der Waals surface area contributed by atoms with Gasteiger partial charge in [-0.3, -0.25) is 4.90 Å². The van der Waals surface area contributed by atoms with Crippen LogP contribution in [0.3, 0.4) is 0 Å². The summed E-state index contributed by atoms with van der Waals surface area (Å²) >= 11 is 0. The molecule has 0 unspecified atom stereocenters. The van der Waals surface area contributed by atoms with Crippen LogP contribution in [0.1, 0.15) is 17.9 Å². The van der Waals surface area contributed by atoms with Crippen molar-refractivity contribution in [1.82, 2.24) is 4.90 Å². The van der Waals surface area contributed by atoms with E-state index in [1.807, 2.05) is 12.1 Å². The van der Waals surface area contributed by atoms with Gasteiger partial charge in [-0.15, -0.1) is 0 Å². The van der Waals surface area contributed by atoms with E-state index < -0.39 is 0 Å². The normalized spacial score (nSPS) is 24.5. The second kappa shape index (κ2) is 6.25. The third-order valence-corrected chi connectivity index (χ3v) is 5.21. The number of methoxy groups -OCH3 is 1. The summed E-state index contributed by atoms with van der Waals surface area (Å²) in [5, 5.41) is 0. The predicted molar refractivity (Wildman–Crippen MR) is 94.4 cm³/mol. The average molecular weight is 308 g/mol. The molecule has 1 aliphatic carbocycles. The van der Waals surface area contributed by atoms with E-state index >= 15 is 0 Å². The first kappa shape index (κ1) is 14.6. The minimum atomic E-state index is 0.753. The Hall–Kier alpha value is -2.00. The van der Waals surface area contributed by atoms with Gasteiger partial charge < -0.3 is 9.64 Å². The van der Waals surface area contributed by atoms with Crippen molar-refractivity contribution >= 4 is 5.69 Å². The molecule has 0 bridgehead atoms. The number of ether oxygens (including phenoxy) is 1. The Morgan fingerprint density at radius 3 is 2.22 bits per heavy atom. The smallest absolute Gasteiger partial charge is 0.119 e. The van der Waals surface area contributed by atoms with E-state index in [1.165, 1.54) is 30.8 Å². The molecule has 2 aromatic rings.